The quantitative estimate of drug-likeness (QED) is 0.733. The highest BCUT2D eigenvalue weighted by atomic mass is 32.1. The van der Waals surface area contributed by atoms with Gasteiger partial charge in [0.25, 0.3) is 0 Å². The number of carbonyl (C=O) groups is 1. The number of aromatic nitrogens is 1. The highest BCUT2D eigenvalue weighted by Crippen LogP contribution is 2.31. The van der Waals surface area contributed by atoms with Crippen molar-refractivity contribution in [3.05, 3.63) is 29.6 Å². The summed E-state index contributed by atoms with van der Waals surface area (Å²) in [4.78, 5) is 18.6. The summed E-state index contributed by atoms with van der Waals surface area (Å²) >= 11 is 1.32. The van der Waals surface area contributed by atoms with Crippen LogP contribution in [0.25, 0.3) is 11.3 Å². The van der Waals surface area contributed by atoms with Crippen LogP contribution in [0.4, 0.5) is 19.6 Å². The Morgan fingerprint density at radius 1 is 1.43 bits per heavy atom. The summed E-state index contributed by atoms with van der Waals surface area (Å²) < 4.78 is 30.6. The lowest BCUT2D eigenvalue weighted by atomic mass is 9.97. The van der Waals surface area contributed by atoms with E-state index in [4.69, 9.17) is 10.5 Å². The van der Waals surface area contributed by atoms with Crippen molar-refractivity contribution < 1.29 is 18.3 Å². The number of hydrogen-bond acceptors (Lipinski definition) is 6. The van der Waals surface area contributed by atoms with E-state index in [0.717, 1.165) is 16.9 Å². The zero-order valence-electron chi connectivity index (χ0n) is 15.6. The average Bonchev–Trinajstić information content (AvgIpc) is 3.17. The number of anilines is 2. The molecule has 0 aliphatic carbocycles. The van der Waals surface area contributed by atoms with E-state index in [2.05, 4.69) is 15.2 Å². The van der Waals surface area contributed by atoms with Crippen molar-refractivity contribution in [3.63, 3.8) is 0 Å². The largest absolute Gasteiger partial charge is 0.383 e. The molecule has 1 aliphatic heterocycles. The molecule has 3 rings (SSSR count). The maximum atomic E-state index is 12.9. The molecule has 0 radical (unpaired) electrons. The lowest BCUT2D eigenvalue weighted by molar-refractivity contribution is -0.118. The first kappa shape index (κ1) is 20.6. The average molecular weight is 410 g/mol. The molecule has 0 bridgehead atoms. The van der Waals surface area contributed by atoms with Gasteiger partial charge >= 0.3 is 0 Å². The summed E-state index contributed by atoms with van der Waals surface area (Å²) in [6, 6.07) is 7.09. The van der Waals surface area contributed by atoms with Gasteiger partial charge in [0.2, 0.25) is 12.3 Å². The van der Waals surface area contributed by atoms with E-state index in [1.165, 1.54) is 18.4 Å². The van der Waals surface area contributed by atoms with Crippen molar-refractivity contribution in [2.24, 2.45) is 11.7 Å². The van der Waals surface area contributed by atoms with E-state index >= 15 is 0 Å². The van der Waals surface area contributed by atoms with Crippen LogP contribution in [0.2, 0.25) is 0 Å². The Balaban J connectivity index is 1.66. The molecule has 0 unspecified atom stereocenters. The van der Waals surface area contributed by atoms with Crippen LogP contribution in [0.5, 0.6) is 0 Å². The molecule has 1 atom stereocenters. The second kappa shape index (κ2) is 9.40. The van der Waals surface area contributed by atoms with Crippen molar-refractivity contribution in [2.75, 3.05) is 37.0 Å². The second-order valence-electron chi connectivity index (χ2n) is 6.80. The minimum atomic E-state index is -2.24. The molecule has 9 heteroatoms. The number of methoxy groups -OCH3 is 1. The maximum Gasteiger partial charge on any atom is 0.245 e. The summed E-state index contributed by atoms with van der Waals surface area (Å²) in [7, 11) is 1.48. The highest BCUT2D eigenvalue weighted by Gasteiger charge is 2.26. The topological polar surface area (TPSA) is 80.5 Å². The molecule has 0 spiro atoms. The Morgan fingerprint density at radius 3 is 2.86 bits per heavy atom. The molecule has 1 amide bonds. The van der Waals surface area contributed by atoms with Gasteiger partial charge in [0.1, 0.15) is 6.04 Å². The molecule has 3 N–H and O–H groups in total. The second-order valence-corrected chi connectivity index (χ2v) is 7.66. The van der Waals surface area contributed by atoms with E-state index in [9.17, 15) is 13.6 Å². The summed E-state index contributed by atoms with van der Waals surface area (Å²) in [6.07, 6.45) is -1.25. The summed E-state index contributed by atoms with van der Waals surface area (Å²) in [6.45, 7) is 1.37. The van der Waals surface area contributed by atoms with Gasteiger partial charge in [-0.25, -0.2) is 13.8 Å². The lowest BCUT2D eigenvalue weighted by Crippen LogP contribution is -2.39. The van der Waals surface area contributed by atoms with E-state index in [1.807, 2.05) is 29.6 Å². The molecule has 2 aromatic rings. The number of amides is 1. The number of halogens is 2. The van der Waals surface area contributed by atoms with Gasteiger partial charge in [-0.2, -0.15) is 0 Å². The number of hydrogen-bond donors (Lipinski definition) is 2. The third-order valence-corrected chi connectivity index (χ3v) is 5.58. The molecule has 28 heavy (non-hydrogen) atoms. The highest BCUT2D eigenvalue weighted by molar-refractivity contribution is 7.14. The summed E-state index contributed by atoms with van der Waals surface area (Å²) in [5.74, 6) is -0.855. The minimum absolute atomic E-state index is 0.133. The van der Waals surface area contributed by atoms with Crippen molar-refractivity contribution in [1.29, 1.82) is 0 Å². The van der Waals surface area contributed by atoms with Crippen molar-refractivity contribution in [1.82, 2.24) is 4.98 Å². The molecule has 1 fully saturated rings. The third kappa shape index (κ3) is 5.03. The Hall–Kier alpha value is -2.10. The van der Waals surface area contributed by atoms with Crippen LogP contribution in [0.1, 0.15) is 12.8 Å². The first-order valence-electron chi connectivity index (χ1n) is 9.12. The van der Waals surface area contributed by atoms with Gasteiger partial charge in [0, 0.05) is 42.7 Å². The number of nitrogens with two attached hydrogens (primary N) is 1. The van der Waals surface area contributed by atoms with Gasteiger partial charge in [-0.3, -0.25) is 4.79 Å². The predicted molar refractivity (Wildman–Crippen MR) is 107 cm³/mol. The molecule has 6 nitrogen and oxygen atoms in total. The van der Waals surface area contributed by atoms with Crippen LogP contribution in [-0.2, 0) is 9.53 Å². The van der Waals surface area contributed by atoms with Crippen LogP contribution in [-0.4, -0.2) is 50.2 Å². The summed E-state index contributed by atoms with van der Waals surface area (Å²) in [5, 5.41) is 5.02. The minimum Gasteiger partial charge on any atom is -0.383 e. The van der Waals surface area contributed by atoms with Crippen molar-refractivity contribution >= 4 is 28.1 Å². The van der Waals surface area contributed by atoms with E-state index < -0.39 is 18.4 Å². The molecule has 1 saturated heterocycles. The molecular formula is C19H24F2N4O2S. The Kier molecular flexibility index (Phi) is 6.93. The molecule has 0 saturated carbocycles. The van der Waals surface area contributed by atoms with Gasteiger partial charge in [-0.1, -0.05) is 12.1 Å². The van der Waals surface area contributed by atoms with E-state index in [1.54, 1.807) is 0 Å². The van der Waals surface area contributed by atoms with E-state index in [0.29, 0.717) is 31.1 Å². The standard InChI is InChI=1S/C19H24F2N4O2S/c1-27-10-15(22)18(26)24-19-23-16(11-28-19)13-3-2-4-14(9-13)25-7-5-12(6-8-25)17(20)21/h2-4,9,11-12,15,17H,5-8,10,22H2,1H3,(H,23,24,26)/t15-/m0/s1. The Labute approximate surface area is 166 Å². The number of nitrogens with one attached hydrogen (secondary N) is 1. The molecule has 152 valence electrons. The SMILES string of the molecule is COC[C@H](N)C(=O)Nc1nc(-c2cccc(N3CCC(C(F)F)CC3)c2)cs1. The molecule has 2 heterocycles. The van der Waals surface area contributed by atoms with Gasteiger partial charge in [-0.05, 0) is 25.0 Å². The first-order valence-corrected chi connectivity index (χ1v) is 10.0. The number of rotatable bonds is 7. The van der Waals surface area contributed by atoms with Crippen LogP contribution in [0, 0.1) is 5.92 Å². The molecule has 1 aromatic carbocycles. The number of ether oxygens (including phenoxy) is 1. The third-order valence-electron chi connectivity index (χ3n) is 4.82. The number of alkyl halides is 2. The lowest BCUT2D eigenvalue weighted by Gasteiger charge is -2.33. The zero-order chi connectivity index (χ0) is 20.1. The van der Waals surface area contributed by atoms with Gasteiger partial charge in [0.05, 0.1) is 12.3 Å². The molecule has 1 aromatic heterocycles. The first-order chi connectivity index (χ1) is 13.5. The fourth-order valence-corrected chi connectivity index (χ4v) is 3.91. The van der Waals surface area contributed by atoms with Gasteiger partial charge < -0.3 is 20.7 Å². The van der Waals surface area contributed by atoms with Gasteiger partial charge in [-0.15, -0.1) is 11.3 Å². The van der Waals surface area contributed by atoms with Crippen molar-refractivity contribution in [2.45, 2.75) is 25.3 Å². The fraction of sp³-hybridized carbons (Fsp3) is 0.474. The number of carbonyl (C=O) groups excluding carboxylic acids is 1. The fourth-order valence-electron chi connectivity index (χ4n) is 3.19. The van der Waals surface area contributed by atoms with Crippen LogP contribution >= 0.6 is 11.3 Å². The molecular weight excluding hydrogens is 386 g/mol. The van der Waals surface area contributed by atoms with Gasteiger partial charge in [0.15, 0.2) is 5.13 Å². The maximum absolute atomic E-state index is 12.9. The van der Waals surface area contributed by atoms with Crippen molar-refractivity contribution in [3.8, 4) is 11.3 Å². The number of thiazole rings is 1. The summed E-state index contributed by atoms with van der Waals surface area (Å²) in [5.41, 5.74) is 8.35. The smallest absolute Gasteiger partial charge is 0.245 e. The van der Waals surface area contributed by atoms with Crippen LogP contribution < -0.4 is 16.0 Å². The van der Waals surface area contributed by atoms with E-state index in [-0.39, 0.29) is 12.5 Å². The number of nitrogens with zero attached hydrogens (tertiary/aromatic N) is 2. The zero-order valence-corrected chi connectivity index (χ0v) is 16.4. The van der Waals surface area contributed by atoms with Crippen LogP contribution in [0.15, 0.2) is 29.6 Å². The van der Waals surface area contributed by atoms with Crippen LogP contribution in [0.3, 0.4) is 0 Å². The predicted octanol–water partition coefficient (Wildman–Crippen LogP) is 3.20. The number of benzene rings is 1. The Morgan fingerprint density at radius 2 is 2.18 bits per heavy atom. The normalized spacial score (nSPS) is 16.4. The number of piperidine rings is 1. The molecule has 1 aliphatic rings. The Bertz CT molecular complexity index is 794. The monoisotopic (exact) mass is 410 g/mol.